The van der Waals surface area contributed by atoms with Gasteiger partial charge in [0.2, 0.25) is 0 Å². The van der Waals surface area contributed by atoms with E-state index in [2.05, 4.69) is 20.1 Å². The summed E-state index contributed by atoms with van der Waals surface area (Å²) in [5.41, 5.74) is 0.795. The molecule has 0 bridgehead atoms. The summed E-state index contributed by atoms with van der Waals surface area (Å²) < 4.78 is 4.65. The first-order chi connectivity index (χ1) is 9.02. The van der Waals surface area contributed by atoms with E-state index in [9.17, 15) is 4.79 Å². The number of carbonyl (C=O) groups is 1. The van der Waals surface area contributed by atoms with Crippen molar-refractivity contribution in [3.8, 4) is 0 Å². The monoisotopic (exact) mass is 300 g/mol. The summed E-state index contributed by atoms with van der Waals surface area (Å²) in [5.74, 6) is 0.0158. The van der Waals surface area contributed by atoms with Crippen molar-refractivity contribution in [2.24, 2.45) is 0 Å². The number of hydrogen-bond donors (Lipinski definition) is 0. The molecule has 0 aliphatic heterocycles. The molecule has 0 radical (unpaired) electrons. The third-order valence-electron chi connectivity index (χ3n) is 2.44. The highest BCUT2D eigenvalue weighted by Gasteiger charge is 2.17. The number of esters is 1. The molecule has 0 aliphatic rings. The molecule has 19 heavy (non-hydrogen) atoms. The van der Waals surface area contributed by atoms with Gasteiger partial charge in [0.25, 0.3) is 0 Å². The maximum absolute atomic E-state index is 11.6. The Kier molecular flexibility index (Phi) is 4.01. The Hall–Kier alpha value is -1.66. The molecule has 1 aromatic heterocycles. The molecule has 0 spiro atoms. The number of hydrogen-bond acceptors (Lipinski definition) is 5. The van der Waals surface area contributed by atoms with E-state index in [4.69, 9.17) is 23.2 Å². The van der Waals surface area contributed by atoms with Crippen LogP contribution in [0.5, 0.6) is 0 Å². The molecule has 2 aromatic rings. The summed E-state index contributed by atoms with van der Waals surface area (Å²) in [6.45, 7) is 1.95. The number of ether oxygens (including phenoxy) is 1. The quantitative estimate of drug-likeness (QED) is 0.812. The van der Waals surface area contributed by atoms with Gasteiger partial charge in [0.1, 0.15) is 0 Å². The second kappa shape index (κ2) is 5.54. The van der Waals surface area contributed by atoms with Crippen LogP contribution in [0.4, 0.5) is 0 Å². The summed E-state index contributed by atoms with van der Waals surface area (Å²) in [4.78, 5) is 12.9. The molecule has 0 N–H and O–H groups in total. The number of tetrazole rings is 1. The Labute approximate surface area is 119 Å². The molecule has 0 atom stereocenters. The molecule has 0 aliphatic carbocycles. The Morgan fingerprint density at radius 2 is 2.16 bits per heavy atom. The molecule has 0 saturated carbocycles. The van der Waals surface area contributed by atoms with Crippen molar-refractivity contribution < 1.29 is 9.53 Å². The Morgan fingerprint density at radius 3 is 2.74 bits per heavy atom. The van der Waals surface area contributed by atoms with Gasteiger partial charge in [0.05, 0.1) is 24.2 Å². The first kappa shape index (κ1) is 13.8. The largest absolute Gasteiger partial charge is 0.465 e. The predicted molar refractivity (Wildman–Crippen MR) is 69.5 cm³/mol. The second-order valence-corrected chi connectivity index (χ2v) is 4.53. The third-order valence-corrected chi connectivity index (χ3v) is 3.23. The van der Waals surface area contributed by atoms with Crippen molar-refractivity contribution in [3.63, 3.8) is 0 Å². The first-order valence-corrected chi connectivity index (χ1v) is 6.08. The van der Waals surface area contributed by atoms with E-state index in [1.807, 2.05) is 0 Å². The zero-order chi connectivity index (χ0) is 14.0. The molecule has 1 aromatic carbocycles. The number of nitrogens with zero attached hydrogens (tertiary/aromatic N) is 4. The lowest BCUT2D eigenvalue weighted by Crippen LogP contribution is -2.09. The fraction of sp³-hybridized carbons (Fsp3) is 0.273. The fourth-order valence-electron chi connectivity index (χ4n) is 1.54. The number of halogens is 2. The van der Waals surface area contributed by atoms with Gasteiger partial charge in [-0.05, 0) is 24.3 Å². The fourth-order valence-corrected chi connectivity index (χ4v) is 2.11. The van der Waals surface area contributed by atoms with Crippen LogP contribution in [-0.2, 0) is 11.3 Å². The van der Waals surface area contributed by atoms with Gasteiger partial charge in [-0.3, -0.25) is 0 Å². The number of methoxy groups -OCH3 is 1. The van der Waals surface area contributed by atoms with Crippen LogP contribution >= 0.6 is 23.2 Å². The minimum atomic E-state index is -0.523. The number of benzene rings is 1. The number of carbonyl (C=O) groups excluding carboxylic acids is 1. The minimum Gasteiger partial charge on any atom is -0.465 e. The lowest BCUT2D eigenvalue weighted by atomic mass is 10.1. The number of aromatic nitrogens is 4. The summed E-state index contributed by atoms with van der Waals surface area (Å²) in [7, 11) is 1.29. The predicted octanol–water partition coefficient (Wildman–Crippen LogP) is 2.12. The summed E-state index contributed by atoms with van der Waals surface area (Å²) >= 11 is 12.3. The lowest BCUT2D eigenvalue weighted by Gasteiger charge is -2.09. The van der Waals surface area contributed by atoms with Gasteiger partial charge in [-0.25, -0.2) is 4.79 Å². The third kappa shape index (κ3) is 2.85. The van der Waals surface area contributed by atoms with Crippen LogP contribution in [0.1, 0.15) is 21.7 Å². The average Bonchev–Trinajstić information content (AvgIpc) is 2.79. The standard InChI is InChI=1S/C11H10Cl2N4O2/c1-6-14-16-17(15-6)5-8-9(12)4-3-7(10(8)13)11(18)19-2/h3-4H,5H2,1-2H3. The molecule has 0 fully saturated rings. The minimum absolute atomic E-state index is 0.226. The molecule has 0 unspecified atom stereocenters. The molecule has 2 rings (SSSR count). The number of rotatable bonds is 3. The van der Waals surface area contributed by atoms with Crippen molar-refractivity contribution in [1.29, 1.82) is 0 Å². The molecular weight excluding hydrogens is 291 g/mol. The van der Waals surface area contributed by atoms with Crippen LogP contribution in [0, 0.1) is 6.92 Å². The van der Waals surface area contributed by atoms with Crippen molar-refractivity contribution in [3.05, 3.63) is 39.1 Å². The van der Waals surface area contributed by atoms with Crippen LogP contribution in [0.2, 0.25) is 10.0 Å². The van der Waals surface area contributed by atoms with E-state index in [0.29, 0.717) is 16.4 Å². The van der Waals surface area contributed by atoms with Crippen LogP contribution in [0.25, 0.3) is 0 Å². The number of aryl methyl sites for hydroxylation is 1. The molecule has 0 amide bonds. The SMILES string of the molecule is COC(=O)c1ccc(Cl)c(Cn2nnc(C)n2)c1Cl. The molecular formula is C11H10Cl2N4O2. The zero-order valence-corrected chi connectivity index (χ0v) is 11.7. The van der Waals surface area contributed by atoms with Crippen LogP contribution in [0.3, 0.4) is 0 Å². The van der Waals surface area contributed by atoms with E-state index in [-0.39, 0.29) is 17.1 Å². The van der Waals surface area contributed by atoms with Gasteiger partial charge >= 0.3 is 5.97 Å². The first-order valence-electron chi connectivity index (χ1n) is 5.32. The van der Waals surface area contributed by atoms with Crippen molar-refractivity contribution in [2.45, 2.75) is 13.5 Å². The summed E-state index contributed by atoms with van der Waals surface area (Å²) in [6.07, 6.45) is 0. The maximum atomic E-state index is 11.6. The Bertz CT molecular complexity index is 627. The molecule has 6 nitrogen and oxygen atoms in total. The smallest absolute Gasteiger partial charge is 0.339 e. The molecule has 0 saturated heterocycles. The normalized spacial score (nSPS) is 10.5. The lowest BCUT2D eigenvalue weighted by molar-refractivity contribution is 0.0601. The van der Waals surface area contributed by atoms with Crippen molar-refractivity contribution in [1.82, 2.24) is 20.2 Å². The van der Waals surface area contributed by atoms with Gasteiger partial charge in [-0.2, -0.15) is 4.80 Å². The van der Waals surface area contributed by atoms with Gasteiger partial charge in [-0.15, -0.1) is 10.2 Å². The second-order valence-electron chi connectivity index (χ2n) is 3.75. The highest BCUT2D eigenvalue weighted by Crippen LogP contribution is 2.29. The highest BCUT2D eigenvalue weighted by atomic mass is 35.5. The Morgan fingerprint density at radius 1 is 1.42 bits per heavy atom. The topological polar surface area (TPSA) is 69.9 Å². The van der Waals surface area contributed by atoms with Crippen LogP contribution in [0.15, 0.2) is 12.1 Å². The van der Waals surface area contributed by atoms with Gasteiger partial charge in [0.15, 0.2) is 5.82 Å². The van der Waals surface area contributed by atoms with Crippen molar-refractivity contribution in [2.75, 3.05) is 7.11 Å². The zero-order valence-electron chi connectivity index (χ0n) is 10.2. The van der Waals surface area contributed by atoms with Crippen molar-refractivity contribution >= 4 is 29.2 Å². The maximum Gasteiger partial charge on any atom is 0.339 e. The average molecular weight is 301 g/mol. The molecule has 100 valence electrons. The van der Waals surface area contributed by atoms with E-state index in [0.717, 1.165) is 0 Å². The van der Waals surface area contributed by atoms with Crippen LogP contribution < -0.4 is 0 Å². The van der Waals surface area contributed by atoms with Gasteiger partial charge < -0.3 is 4.74 Å². The van der Waals surface area contributed by atoms with Crippen LogP contribution in [-0.4, -0.2) is 33.3 Å². The Balaban J connectivity index is 2.41. The van der Waals surface area contributed by atoms with E-state index in [1.54, 1.807) is 13.0 Å². The van der Waals surface area contributed by atoms with E-state index < -0.39 is 5.97 Å². The summed E-state index contributed by atoms with van der Waals surface area (Å²) in [6, 6.07) is 3.10. The van der Waals surface area contributed by atoms with Gasteiger partial charge in [0, 0.05) is 10.6 Å². The van der Waals surface area contributed by atoms with E-state index in [1.165, 1.54) is 18.0 Å². The van der Waals surface area contributed by atoms with E-state index >= 15 is 0 Å². The molecule has 1 heterocycles. The summed E-state index contributed by atoms with van der Waals surface area (Å²) in [5, 5.41) is 12.3. The highest BCUT2D eigenvalue weighted by molar-refractivity contribution is 6.37. The molecule has 8 heteroatoms. The van der Waals surface area contributed by atoms with Gasteiger partial charge in [-0.1, -0.05) is 23.2 Å².